The van der Waals surface area contributed by atoms with Crippen LogP contribution in [-0.4, -0.2) is 47.1 Å². The Balaban J connectivity index is 2.32. The van der Waals surface area contributed by atoms with Gasteiger partial charge in [-0.15, -0.1) is 0 Å². The highest BCUT2D eigenvalue weighted by Gasteiger charge is 2.35. The van der Waals surface area contributed by atoms with Crippen LogP contribution in [0.25, 0.3) is 0 Å². The van der Waals surface area contributed by atoms with Gasteiger partial charge in [-0.2, -0.15) is 0 Å². The maximum Gasteiger partial charge on any atom is 0.228 e. The lowest BCUT2D eigenvalue weighted by molar-refractivity contribution is -0.143. The normalized spacial score (nSPS) is 23.3. The Kier molecular flexibility index (Phi) is 7.30. The minimum absolute atomic E-state index is 0.200. The number of rotatable bonds is 5. The average molecular weight is 386 g/mol. The van der Waals surface area contributed by atoms with Gasteiger partial charge in [-0.3, -0.25) is 9.79 Å². The summed E-state index contributed by atoms with van der Waals surface area (Å²) < 4.78 is 0. The SMILES string of the molecule is C=CN=C(C)C(/C(=C\C)C1CCC1)=C(\C)N1CCN(C(=O)C(C)(C)C)C(C)C1. The number of carbonyl (C=O) groups excluding carboxylic acids is 1. The van der Waals surface area contributed by atoms with Crippen LogP contribution in [0.2, 0.25) is 0 Å². The molecule has 4 heteroatoms. The summed E-state index contributed by atoms with van der Waals surface area (Å²) in [5.41, 5.74) is 4.68. The van der Waals surface area contributed by atoms with Crippen molar-refractivity contribution in [3.8, 4) is 0 Å². The number of nitrogens with zero attached hydrogens (tertiary/aromatic N) is 3. The standard InChI is InChI=1S/C24H39N3O/c1-9-21(20-12-11-13-20)22(18(4)25-10-2)19(5)26-14-15-27(17(3)16-26)23(28)24(6,7)8/h9-10,17,20H,2,11-16H2,1,3-8H3/b21-9-,22-19-,25-18?. The van der Waals surface area contributed by atoms with Crippen molar-refractivity contribution in [3.05, 3.63) is 35.7 Å². The van der Waals surface area contributed by atoms with E-state index in [2.05, 4.69) is 55.1 Å². The number of hydrogen-bond donors (Lipinski definition) is 0. The van der Waals surface area contributed by atoms with Crippen LogP contribution in [0.5, 0.6) is 0 Å². The number of hydrogen-bond acceptors (Lipinski definition) is 3. The highest BCUT2D eigenvalue weighted by molar-refractivity contribution is 6.03. The van der Waals surface area contributed by atoms with Crippen molar-refractivity contribution in [1.29, 1.82) is 0 Å². The Morgan fingerprint density at radius 1 is 1.18 bits per heavy atom. The Labute approximate surface area is 172 Å². The zero-order valence-corrected chi connectivity index (χ0v) is 19.0. The molecule has 4 nitrogen and oxygen atoms in total. The van der Waals surface area contributed by atoms with Gasteiger partial charge in [0.2, 0.25) is 5.91 Å². The van der Waals surface area contributed by atoms with E-state index in [1.807, 2.05) is 20.8 Å². The maximum absolute atomic E-state index is 12.8. The molecule has 0 aromatic heterocycles. The van der Waals surface area contributed by atoms with Crippen molar-refractivity contribution in [2.45, 2.75) is 73.8 Å². The van der Waals surface area contributed by atoms with Crippen LogP contribution in [0.4, 0.5) is 0 Å². The molecule has 0 aromatic rings. The number of aliphatic imine (C=N–C) groups is 1. The van der Waals surface area contributed by atoms with Gasteiger partial charge < -0.3 is 9.80 Å². The predicted molar refractivity (Wildman–Crippen MR) is 119 cm³/mol. The number of carbonyl (C=O) groups is 1. The molecular weight excluding hydrogens is 346 g/mol. The third kappa shape index (κ3) is 4.76. The first-order chi connectivity index (χ1) is 13.1. The van der Waals surface area contributed by atoms with Gasteiger partial charge in [0.15, 0.2) is 0 Å². The van der Waals surface area contributed by atoms with Gasteiger partial charge in [0.1, 0.15) is 0 Å². The monoisotopic (exact) mass is 385 g/mol. The summed E-state index contributed by atoms with van der Waals surface area (Å²) in [4.78, 5) is 21.8. The summed E-state index contributed by atoms with van der Waals surface area (Å²) in [6.07, 6.45) is 7.76. The first-order valence-corrected chi connectivity index (χ1v) is 10.7. The van der Waals surface area contributed by atoms with Gasteiger partial charge in [-0.1, -0.05) is 39.8 Å². The minimum Gasteiger partial charge on any atom is -0.371 e. The summed E-state index contributed by atoms with van der Waals surface area (Å²) in [5, 5.41) is 0. The first-order valence-electron chi connectivity index (χ1n) is 10.7. The van der Waals surface area contributed by atoms with Crippen LogP contribution in [0.15, 0.2) is 40.7 Å². The molecule has 28 heavy (non-hydrogen) atoms. The Bertz CT molecular complexity index is 689. The number of allylic oxidation sites excluding steroid dienone is 4. The van der Waals surface area contributed by atoms with Crippen molar-refractivity contribution >= 4 is 11.6 Å². The van der Waals surface area contributed by atoms with Crippen molar-refractivity contribution in [1.82, 2.24) is 9.80 Å². The van der Waals surface area contributed by atoms with Gasteiger partial charge in [0.25, 0.3) is 0 Å². The van der Waals surface area contributed by atoms with E-state index in [0.717, 1.165) is 25.3 Å². The van der Waals surface area contributed by atoms with Crippen LogP contribution in [0, 0.1) is 11.3 Å². The van der Waals surface area contributed by atoms with Crippen LogP contribution < -0.4 is 0 Å². The Morgan fingerprint density at radius 2 is 1.82 bits per heavy atom. The Morgan fingerprint density at radius 3 is 2.25 bits per heavy atom. The molecule has 156 valence electrons. The van der Waals surface area contributed by atoms with Gasteiger partial charge in [0, 0.05) is 54.3 Å². The molecule has 1 unspecified atom stereocenters. The topological polar surface area (TPSA) is 35.9 Å². The Hall–Kier alpha value is -1.84. The number of amides is 1. The molecule has 2 rings (SSSR count). The van der Waals surface area contributed by atoms with E-state index in [0.29, 0.717) is 5.92 Å². The molecule has 0 bridgehead atoms. The quantitative estimate of drug-likeness (QED) is 0.482. The second-order valence-corrected chi connectivity index (χ2v) is 9.27. The van der Waals surface area contributed by atoms with E-state index in [1.165, 1.54) is 36.1 Å². The molecule has 1 atom stereocenters. The maximum atomic E-state index is 12.8. The molecule has 0 spiro atoms. The largest absolute Gasteiger partial charge is 0.371 e. The summed E-state index contributed by atoms with van der Waals surface area (Å²) in [5.74, 6) is 0.889. The average Bonchev–Trinajstić information content (AvgIpc) is 2.58. The summed E-state index contributed by atoms with van der Waals surface area (Å²) in [6.45, 7) is 20.9. The lowest BCUT2D eigenvalue weighted by Gasteiger charge is -2.44. The fourth-order valence-electron chi connectivity index (χ4n) is 4.34. The van der Waals surface area contributed by atoms with E-state index in [9.17, 15) is 4.79 Å². The van der Waals surface area contributed by atoms with Gasteiger partial charge in [-0.25, -0.2) is 0 Å². The van der Waals surface area contributed by atoms with Crippen LogP contribution in [0.1, 0.15) is 67.7 Å². The minimum atomic E-state index is -0.331. The molecule has 1 saturated heterocycles. The summed E-state index contributed by atoms with van der Waals surface area (Å²) in [7, 11) is 0. The van der Waals surface area contributed by atoms with Crippen LogP contribution in [-0.2, 0) is 4.79 Å². The predicted octanol–water partition coefficient (Wildman–Crippen LogP) is 5.19. The molecule has 1 aliphatic carbocycles. The van der Waals surface area contributed by atoms with E-state index in [4.69, 9.17) is 0 Å². The zero-order valence-electron chi connectivity index (χ0n) is 19.0. The smallest absolute Gasteiger partial charge is 0.228 e. The molecule has 1 amide bonds. The molecule has 1 saturated carbocycles. The highest BCUT2D eigenvalue weighted by Crippen LogP contribution is 2.39. The van der Waals surface area contributed by atoms with E-state index >= 15 is 0 Å². The van der Waals surface area contributed by atoms with Gasteiger partial charge >= 0.3 is 0 Å². The molecular formula is C24H39N3O. The lowest BCUT2D eigenvalue weighted by atomic mass is 9.75. The van der Waals surface area contributed by atoms with Gasteiger partial charge in [0.05, 0.1) is 0 Å². The third-order valence-electron chi connectivity index (χ3n) is 6.16. The van der Waals surface area contributed by atoms with E-state index in [1.54, 1.807) is 6.20 Å². The summed E-state index contributed by atoms with van der Waals surface area (Å²) >= 11 is 0. The third-order valence-corrected chi connectivity index (χ3v) is 6.16. The molecule has 2 aliphatic rings. The molecule has 1 heterocycles. The van der Waals surface area contributed by atoms with Crippen LogP contribution >= 0.6 is 0 Å². The molecule has 1 aliphatic heterocycles. The van der Waals surface area contributed by atoms with Crippen molar-refractivity contribution in [3.63, 3.8) is 0 Å². The fourth-order valence-corrected chi connectivity index (χ4v) is 4.34. The highest BCUT2D eigenvalue weighted by atomic mass is 16.2. The lowest BCUT2D eigenvalue weighted by Crippen LogP contribution is -2.56. The van der Waals surface area contributed by atoms with Gasteiger partial charge in [-0.05, 0) is 52.0 Å². The zero-order chi connectivity index (χ0) is 21.1. The molecule has 2 fully saturated rings. The van der Waals surface area contributed by atoms with Crippen molar-refractivity contribution in [2.75, 3.05) is 19.6 Å². The second-order valence-electron chi connectivity index (χ2n) is 9.27. The molecule has 0 N–H and O–H groups in total. The van der Waals surface area contributed by atoms with Crippen molar-refractivity contribution < 1.29 is 4.79 Å². The van der Waals surface area contributed by atoms with Crippen LogP contribution in [0.3, 0.4) is 0 Å². The van der Waals surface area contributed by atoms with Crippen molar-refractivity contribution in [2.24, 2.45) is 16.3 Å². The van der Waals surface area contributed by atoms with E-state index in [-0.39, 0.29) is 17.4 Å². The molecule has 0 radical (unpaired) electrons. The second kappa shape index (κ2) is 9.11. The molecule has 0 aromatic carbocycles. The fraction of sp³-hybridized carbons (Fsp3) is 0.667. The first kappa shape index (κ1) is 22.4. The van der Waals surface area contributed by atoms with E-state index < -0.39 is 0 Å². The number of piperazine rings is 1. The summed E-state index contributed by atoms with van der Waals surface area (Å²) in [6, 6.07) is 0.200.